The molecule has 0 bridgehead atoms. The van der Waals surface area contributed by atoms with Gasteiger partial charge in [0.1, 0.15) is 6.42 Å². The maximum absolute atomic E-state index is 12.5. The fraction of sp³-hybridized carbons (Fsp3) is 0.636. The first-order valence-electron chi connectivity index (χ1n) is 10.3. The normalized spacial score (nSPS) is 19.9. The Morgan fingerprint density at radius 1 is 1.11 bits per heavy atom. The van der Waals surface area contributed by atoms with Gasteiger partial charge < -0.3 is 15.1 Å². The number of anilines is 1. The Kier molecular flexibility index (Phi) is 6.53. The van der Waals surface area contributed by atoms with E-state index in [1.165, 1.54) is 25.9 Å². The molecule has 5 nitrogen and oxygen atoms in total. The molecule has 2 heterocycles. The van der Waals surface area contributed by atoms with Crippen molar-refractivity contribution >= 4 is 17.5 Å². The van der Waals surface area contributed by atoms with E-state index in [1.54, 1.807) is 0 Å². The third-order valence-electron chi connectivity index (χ3n) is 6.48. The number of carbonyl (C=O) groups excluding carboxylic acids is 2. The summed E-state index contributed by atoms with van der Waals surface area (Å²) in [6.45, 7) is 10.3. The second-order valence-electron chi connectivity index (χ2n) is 8.17. The predicted molar refractivity (Wildman–Crippen MR) is 109 cm³/mol. The van der Waals surface area contributed by atoms with Gasteiger partial charge in [-0.2, -0.15) is 0 Å². The Balaban J connectivity index is 1.46. The number of aryl methyl sites for hydroxylation is 1. The summed E-state index contributed by atoms with van der Waals surface area (Å²) in [5.74, 6) is 0.391. The summed E-state index contributed by atoms with van der Waals surface area (Å²) < 4.78 is 0. The van der Waals surface area contributed by atoms with E-state index in [1.807, 2.05) is 36.9 Å². The minimum Gasteiger partial charge on any atom is -0.342 e. The Labute approximate surface area is 163 Å². The second-order valence-corrected chi connectivity index (χ2v) is 8.17. The number of amides is 2. The van der Waals surface area contributed by atoms with Crippen LogP contribution in [0.5, 0.6) is 0 Å². The molecule has 0 saturated carbocycles. The molecular formula is C22H33N3O2. The molecule has 1 atom stereocenters. The van der Waals surface area contributed by atoms with Gasteiger partial charge in [-0.05, 0) is 82.7 Å². The number of rotatable bonds is 5. The Hall–Kier alpha value is -1.88. The Bertz CT molecular complexity index is 674. The zero-order chi connectivity index (χ0) is 19.4. The molecule has 0 aliphatic carbocycles. The highest BCUT2D eigenvalue weighted by Gasteiger charge is 2.30. The monoisotopic (exact) mass is 371 g/mol. The van der Waals surface area contributed by atoms with Crippen LogP contribution in [-0.4, -0.2) is 53.8 Å². The molecule has 148 valence electrons. The van der Waals surface area contributed by atoms with Crippen molar-refractivity contribution < 1.29 is 9.59 Å². The minimum absolute atomic E-state index is 0.0509. The van der Waals surface area contributed by atoms with Gasteiger partial charge in [0.25, 0.3) is 0 Å². The molecule has 1 N–H and O–H groups in total. The summed E-state index contributed by atoms with van der Waals surface area (Å²) in [4.78, 5) is 29.3. The average Bonchev–Trinajstić information content (AvgIpc) is 3.19. The predicted octanol–water partition coefficient (Wildman–Crippen LogP) is 3.35. The number of benzene rings is 1. The topological polar surface area (TPSA) is 52.7 Å². The average molecular weight is 372 g/mol. The Morgan fingerprint density at radius 3 is 2.44 bits per heavy atom. The highest BCUT2D eigenvalue weighted by molar-refractivity contribution is 6.03. The van der Waals surface area contributed by atoms with Crippen LogP contribution < -0.4 is 5.32 Å². The van der Waals surface area contributed by atoms with E-state index in [9.17, 15) is 9.59 Å². The zero-order valence-corrected chi connectivity index (χ0v) is 17.0. The van der Waals surface area contributed by atoms with Gasteiger partial charge in [0.2, 0.25) is 11.8 Å². The van der Waals surface area contributed by atoms with Crippen molar-refractivity contribution in [2.45, 2.75) is 58.9 Å². The first kappa shape index (κ1) is 19.9. The maximum atomic E-state index is 12.5. The maximum Gasteiger partial charge on any atom is 0.233 e. The van der Waals surface area contributed by atoms with Crippen LogP contribution in [0.1, 0.15) is 50.2 Å². The molecule has 1 aromatic carbocycles. The molecule has 2 saturated heterocycles. The lowest BCUT2D eigenvalue weighted by molar-refractivity contribution is -0.136. The van der Waals surface area contributed by atoms with E-state index < -0.39 is 0 Å². The van der Waals surface area contributed by atoms with Crippen LogP contribution in [0.15, 0.2) is 18.2 Å². The third-order valence-corrected chi connectivity index (χ3v) is 6.48. The van der Waals surface area contributed by atoms with Gasteiger partial charge in [0.15, 0.2) is 0 Å². The number of likely N-dealkylation sites (tertiary alicyclic amines) is 2. The first-order valence-corrected chi connectivity index (χ1v) is 10.3. The summed E-state index contributed by atoms with van der Waals surface area (Å²) in [5.41, 5.74) is 2.98. The van der Waals surface area contributed by atoms with Crippen molar-refractivity contribution in [2.24, 2.45) is 5.92 Å². The first-order chi connectivity index (χ1) is 13.0. The fourth-order valence-electron chi connectivity index (χ4n) is 4.41. The van der Waals surface area contributed by atoms with Gasteiger partial charge >= 0.3 is 0 Å². The van der Waals surface area contributed by atoms with Gasteiger partial charge in [-0.15, -0.1) is 0 Å². The van der Waals surface area contributed by atoms with Gasteiger partial charge in [-0.3, -0.25) is 9.59 Å². The molecule has 2 aliphatic rings. The van der Waals surface area contributed by atoms with Crippen molar-refractivity contribution in [3.05, 3.63) is 29.3 Å². The summed E-state index contributed by atoms with van der Waals surface area (Å²) in [6.07, 6.45) is 4.65. The lowest BCUT2D eigenvalue weighted by Gasteiger charge is -2.38. The van der Waals surface area contributed by atoms with Crippen molar-refractivity contribution in [1.29, 1.82) is 0 Å². The van der Waals surface area contributed by atoms with Gasteiger partial charge in [0.05, 0.1) is 0 Å². The van der Waals surface area contributed by atoms with E-state index in [4.69, 9.17) is 0 Å². The van der Waals surface area contributed by atoms with Crippen LogP contribution in [0.2, 0.25) is 0 Å². The molecule has 5 heteroatoms. The van der Waals surface area contributed by atoms with Crippen LogP contribution in [0.25, 0.3) is 0 Å². The van der Waals surface area contributed by atoms with Gasteiger partial charge in [-0.1, -0.05) is 12.1 Å². The summed E-state index contributed by atoms with van der Waals surface area (Å²) >= 11 is 0. The standard InChI is InChI=1S/C22H33N3O2/c1-16-7-6-8-20(17(16)2)23-21(26)15-22(27)25-13-9-19(10-14-25)18(3)24-11-4-5-12-24/h6-8,18-19H,4-5,9-15H2,1-3H3,(H,23,26)/t18-/m0/s1. The summed E-state index contributed by atoms with van der Waals surface area (Å²) in [5, 5.41) is 2.89. The molecule has 2 amide bonds. The van der Waals surface area contributed by atoms with E-state index in [-0.39, 0.29) is 18.2 Å². The molecule has 3 rings (SSSR count). The highest BCUT2D eigenvalue weighted by Crippen LogP contribution is 2.26. The molecule has 0 unspecified atom stereocenters. The number of nitrogens with one attached hydrogen (secondary N) is 1. The van der Waals surface area contributed by atoms with Crippen LogP contribution in [0.3, 0.4) is 0 Å². The zero-order valence-electron chi connectivity index (χ0n) is 17.0. The van der Waals surface area contributed by atoms with Crippen molar-refractivity contribution in [1.82, 2.24) is 9.80 Å². The summed E-state index contributed by atoms with van der Waals surface area (Å²) in [7, 11) is 0. The number of piperidine rings is 1. The molecule has 1 aromatic rings. The van der Waals surface area contributed by atoms with Crippen LogP contribution in [0.4, 0.5) is 5.69 Å². The summed E-state index contributed by atoms with van der Waals surface area (Å²) in [6, 6.07) is 6.43. The van der Waals surface area contributed by atoms with Crippen LogP contribution >= 0.6 is 0 Å². The SMILES string of the molecule is Cc1cccc(NC(=O)CC(=O)N2CCC([C@H](C)N3CCCC3)CC2)c1C. The van der Waals surface area contributed by atoms with Crippen molar-refractivity contribution in [3.63, 3.8) is 0 Å². The number of carbonyl (C=O) groups is 2. The third kappa shape index (κ3) is 4.89. The molecule has 2 fully saturated rings. The Morgan fingerprint density at radius 2 is 1.78 bits per heavy atom. The van der Waals surface area contributed by atoms with Crippen molar-refractivity contribution in [3.8, 4) is 0 Å². The van der Waals surface area contributed by atoms with Gasteiger partial charge in [-0.25, -0.2) is 0 Å². The largest absolute Gasteiger partial charge is 0.342 e. The number of hydrogen-bond donors (Lipinski definition) is 1. The minimum atomic E-state index is -0.221. The van der Waals surface area contributed by atoms with Crippen LogP contribution in [-0.2, 0) is 9.59 Å². The van der Waals surface area contributed by atoms with E-state index in [2.05, 4.69) is 17.1 Å². The number of hydrogen-bond acceptors (Lipinski definition) is 3. The van der Waals surface area contributed by atoms with E-state index in [0.717, 1.165) is 42.7 Å². The van der Waals surface area contributed by atoms with Crippen molar-refractivity contribution in [2.75, 3.05) is 31.5 Å². The van der Waals surface area contributed by atoms with E-state index in [0.29, 0.717) is 12.0 Å². The number of nitrogens with zero attached hydrogens (tertiary/aromatic N) is 2. The highest BCUT2D eigenvalue weighted by atomic mass is 16.2. The molecule has 2 aliphatic heterocycles. The molecular weight excluding hydrogens is 338 g/mol. The lowest BCUT2D eigenvalue weighted by Crippen LogP contribution is -2.45. The second kappa shape index (κ2) is 8.87. The lowest BCUT2D eigenvalue weighted by atomic mass is 9.89. The molecule has 0 spiro atoms. The molecule has 0 radical (unpaired) electrons. The molecule has 27 heavy (non-hydrogen) atoms. The fourth-order valence-corrected chi connectivity index (χ4v) is 4.41. The molecule has 0 aromatic heterocycles. The van der Waals surface area contributed by atoms with Crippen LogP contribution in [0, 0.1) is 19.8 Å². The quantitative estimate of drug-likeness (QED) is 0.808. The smallest absolute Gasteiger partial charge is 0.233 e. The van der Waals surface area contributed by atoms with Gasteiger partial charge in [0, 0.05) is 24.8 Å². The van der Waals surface area contributed by atoms with E-state index >= 15 is 0 Å².